The highest BCUT2D eigenvalue weighted by Crippen LogP contribution is 2.22. The lowest BCUT2D eigenvalue weighted by Crippen LogP contribution is -2.39. The maximum Gasteiger partial charge on any atom is 0.222 e. The van der Waals surface area contributed by atoms with Gasteiger partial charge in [-0.25, -0.2) is 4.98 Å². The lowest BCUT2D eigenvalue weighted by atomic mass is 9.96. The van der Waals surface area contributed by atoms with Crippen molar-refractivity contribution in [2.24, 2.45) is 5.92 Å². The first-order valence-corrected chi connectivity index (χ1v) is 7.75. The van der Waals surface area contributed by atoms with Gasteiger partial charge >= 0.3 is 0 Å². The molecule has 0 aromatic carbocycles. The quantitative estimate of drug-likeness (QED) is 0.864. The van der Waals surface area contributed by atoms with E-state index < -0.39 is 0 Å². The van der Waals surface area contributed by atoms with Gasteiger partial charge in [0, 0.05) is 44.8 Å². The summed E-state index contributed by atoms with van der Waals surface area (Å²) in [6.45, 7) is 6.92. The number of amides is 1. The maximum atomic E-state index is 11.6. The van der Waals surface area contributed by atoms with Gasteiger partial charge in [-0.3, -0.25) is 4.79 Å². The number of carbonyl (C=O) groups is 1. The van der Waals surface area contributed by atoms with E-state index in [4.69, 9.17) is 0 Å². The summed E-state index contributed by atoms with van der Waals surface area (Å²) >= 11 is 0. The van der Waals surface area contributed by atoms with Crippen LogP contribution in [0.25, 0.3) is 0 Å². The first-order valence-electron chi connectivity index (χ1n) is 7.75. The minimum atomic E-state index is 0.153. The Kier molecular flexibility index (Phi) is 5.56. The molecule has 1 aromatic rings. The maximum absolute atomic E-state index is 11.6. The van der Waals surface area contributed by atoms with Gasteiger partial charge in [0.05, 0.1) is 0 Å². The summed E-state index contributed by atoms with van der Waals surface area (Å²) in [5.74, 6) is 1.33. The number of rotatable bonds is 5. The zero-order valence-corrected chi connectivity index (χ0v) is 13.2. The van der Waals surface area contributed by atoms with Crippen LogP contribution >= 0.6 is 0 Å². The summed E-state index contributed by atoms with van der Waals surface area (Å²) in [7, 11) is 1.71. The Morgan fingerprint density at radius 3 is 2.62 bits per heavy atom. The van der Waals surface area contributed by atoms with Crippen LogP contribution in [0.5, 0.6) is 0 Å². The zero-order chi connectivity index (χ0) is 15.2. The van der Waals surface area contributed by atoms with Crippen molar-refractivity contribution >= 4 is 11.7 Å². The third-order valence-electron chi connectivity index (χ3n) is 3.96. The van der Waals surface area contributed by atoms with Crippen LogP contribution in [-0.2, 0) is 11.3 Å². The fourth-order valence-corrected chi connectivity index (χ4v) is 2.61. The molecule has 5 heteroatoms. The molecule has 2 rings (SSSR count). The van der Waals surface area contributed by atoms with Crippen LogP contribution < -0.4 is 15.5 Å². The molecule has 0 aliphatic carbocycles. The third kappa shape index (κ3) is 4.43. The highest BCUT2D eigenvalue weighted by atomic mass is 16.1. The van der Waals surface area contributed by atoms with Gasteiger partial charge in [-0.2, -0.15) is 0 Å². The molecule has 2 heterocycles. The van der Waals surface area contributed by atoms with E-state index in [-0.39, 0.29) is 11.8 Å². The van der Waals surface area contributed by atoms with Crippen LogP contribution in [0.15, 0.2) is 18.3 Å². The molecule has 21 heavy (non-hydrogen) atoms. The lowest BCUT2D eigenvalue weighted by molar-refractivity contribution is -0.125. The van der Waals surface area contributed by atoms with Gasteiger partial charge in [0.25, 0.3) is 0 Å². The molecule has 1 saturated heterocycles. The number of hydrogen-bond donors (Lipinski definition) is 2. The van der Waals surface area contributed by atoms with Crippen LogP contribution in [0.2, 0.25) is 0 Å². The zero-order valence-electron chi connectivity index (χ0n) is 13.2. The van der Waals surface area contributed by atoms with E-state index in [9.17, 15) is 4.79 Å². The van der Waals surface area contributed by atoms with Crippen molar-refractivity contribution in [3.63, 3.8) is 0 Å². The number of nitrogens with zero attached hydrogens (tertiary/aromatic N) is 2. The first kappa shape index (κ1) is 15.8. The Balaban J connectivity index is 1.87. The number of carbonyl (C=O) groups excluding carboxylic acids is 1. The van der Waals surface area contributed by atoms with Gasteiger partial charge in [0.2, 0.25) is 5.91 Å². The lowest BCUT2D eigenvalue weighted by Gasteiger charge is -2.32. The molecule has 0 bridgehead atoms. The van der Waals surface area contributed by atoms with Crippen LogP contribution in [-0.4, -0.2) is 37.1 Å². The Hall–Kier alpha value is -1.62. The molecular weight excluding hydrogens is 264 g/mol. The number of nitrogens with one attached hydrogen (secondary N) is 2. The molecule has 5 nitrogen and oxygen atoms in total. The van der Waals surface area contributed by atoms with Crippen molar-refractivity contribution in [1.82, 2.24) is 15.6 Å². The van der Waals surface area contributed by atoms with E-state index in [1.165, 1.54) is 5.56 Å². The summed E-state index contributed by atoms with van der Waals surface area (Å²) in [5.41, 5.74) is 1.20. The van der Waals surface area contributed by atoms with Gasteiger partial charge in [0.15, 0.2) is 0 Å². The second-order valence-corrected chi connectivity index (χ2v) is 5.94. The van der Waals surface area contributed by atoms with Gasteiger partial charge < -0.3 is 15.5 Å². The van der Waals surface area contributed by atoms with Crippen molar-refractivity contribution < 1.29 is 4.79 Å². The van der Waals surface area contributed by atoms with Crippen LogP contribution in [0, 0.1) is 5.92 Å². The predicted octanol–water partition coefficient (Wildman–Crippen LogP) is 1.54. The number of hydrogen-bond acceptors (Lipinski definition) is 4. The van der Waals surface area contributed by atoms with E-state index in [0.29, 0.717) is 6.04 Å². The second-order valence-electron chi connectivity index (χ2n) is 5.94. The average Bonchev–Trinajstić information content (AvgIpc) is 2.53. The van der Waals surface area contributed by atoms with Crippen molar-refractivity contribution in [2.45, 2.75) is 39.3 Å². The summed E-state index contributed by atoms with van der Waals surface area (Å²) in [4.78, 5) is 18.4. The fourth-order valence-electron chi connectivity index (χ4n) is 2.61. The molecule has 1 aliphatic rings. The van der Waals surface area contributed by atoms with Crippen LogP contribution in [0.3, 0.4) is 0 Å². The fraction of sp³-hybridized carbons (Fsp3) is 0.625. The molecule has 0 unspecified atom stereocenters. The molecule has 116 valence electrons. The minimum Gasteiger partial charge on any atom is -0.359 e. The SMILES string of the molecule is CNC(=O)C1CCN(c2ccc(CNC(C)C)cn2)CC1. The van der Waals surface area contributed by atoms with Gasteiger partial charge in [-0.05, 0) is 24.5 Å². The van der Waals surface area contributed by atoms with Gasteiger partial charge in [-0.15, -0.1) is 0 Å². The normalized spacial score (nSPS) is 16.3. The van der Waals surface area contributed by atoms with E-state index in [2.05, 4.69) is 46.5 Å². The third-order valence-corrected chi connectivity index (χ3v) is 3.96. The van der Waals surface area contributed by atoms with Crippen molar-refractivity contribution in [2.75, 3.05) is 25.0 Å². The molecule has 1 amide bonds. The number of anilines is 1. The minimum absolute atomic E-state index is 0.153. The predicted molar refractivity (Wildman–Crippen MR) is 85.2 cm³/mol. The number of piperidine rings is 1. The van der Waals surface area contributed by atoms with Crippen molar-refractivity contribution in [3.8, 4) is 0 Å². The van der Waals surface area contributed by atoms with E-state index in [0.717, 1.165) is 38.3 Å². The standard InChI is InChI=1S/C16H26N4O/c1-12(2)18-10-13-4-5-15(19-11-13)20-8-6-14(7-9-20)16(21)17-3/h4-5,11-12,14,18H,6-10H2,1-3H3,(H,17,21). The molecular formula is C16H26N4O. The van der Waals surface area contributed by atoms with Gasteiger partial charge in [-0.1, -0.05) is 19.9 Å². The molecule has 0 radical (unpaired) electrons. The Morgan fingerprint density at radius 1 is 1.38 bits per heavy atom. The van der Waals surface area contributed by atoms with E-state index in [1.54, 1.807) is 7.05 Å². The summed E-state index contributed by atoms with van der Waals surface area (Å²) in [5, 5.41) is 6.13. The highest BCUT2D eigenvalue weighted by molar-refractivity contribution is 5.78. The van der Waals surface area contributed by atoms with Gasteiger partial charge in [0.1, 0.15) is 5.82 Å². The number of aromatic nitrogens is 1. The highest BCUT2D eigenvalue weighted by Gasteiger charge is 2.24. The molecule has 1 fully saturated rings. The monoisotopic (exact) mass is 290 g/mol. The Bertz CT molecular complexity index is 450. The van der Waals surface area contributed by atoms with E-state index >= 15 is 0 Å². The Morgan fingerprint density at radius 2 is 2.10 bits per heavy atom. The summed E-state index contributed by atoms with van der Waals surface area (Å²) in [6, 6.07) is 4.69. The Labute approximate surface area is 127 Å². The average molecular weight is 290 g/mol. The smallest absolute Gasteiger partial charge is 0.222 e. The molecule has 1 aromatic heterocycles. The van der Waals surface area contributed by atoms with E-state index in [1.807, 2.05) is 6.20 Å². The topological polar surface area (TPSA) is 57.3 Å². The van der Waals surface area contributed by atoms with Crippen LogP contribution in [0.4, 0.5) is 5.82 Å². The molecule has 0 atom stereocenters. The van der Waals surface area contributed by atoms with Crippen molar-refractivity contribution in [1.29, 1.82) is 0 Å². The van der Waals surface area contributed by atoms with Crippen molar-refractivity contribution in [3.05, 3.63) is 23.9 Å². The molecule has 0 saturated carbocycles. The summed E-state index contributed by atoms with van der Waals surface area (Å²) < 4.78 is 0. The molecule has 0 spiro atoms. The largest absolute Gasteiger partial charge is 0.359 e. The first-order chi connectivity index (χ1) is 10.1. The second kappa shape index (κ2) is 7.41. The molecule has 1 aliphatic heterocycles. The molecule has 2 N–H and O–H groups in total. The summed E-state index contributed by atoms with van der Waals surface area (Å²) in [6.07, 6.45) is 3.74. The number of pyridine rings is 1. The van der Waals surface area contributed by atoms with Crippen LogP contribution in [0.1, 0.15) is 32.3 Å².